The number of benzene rings is 3. The maximum absolute atomic E-state index is 13.0. The van der Waals surface area contributed by atoms with Gasteiger partial charge in [-0.05, 0) is 29.3 Å². The van der Waals surface area contributed by atoms with E-state index in [1.165, 1.54) is 28.4 Å². The molecule has 0 fully saturated rings. The summed E-state index contributed by atoms with van der Waals surface area (Å²) in [5.74, 6) is 2.24. The standard InChI is InChI=1S/C28H22O8/c1-31-17-11-19(33-3)25-21(13-17)35-23(27(25)29)9-15-6-5-7-16(8-15)10-24-28(30)26-20(34-4)12-18(32-2)14-22(26)36-24/h5-14H,1-4H3/b23-9-,24-10-. The molecule has 0 radical (unpaired) electrons. The zero-order valence-corrected chi connectivity index (χ0v) is 20.0. The van der Waals surface area contributed by atoms with E-state index in [2.05, 4.69) is 0 Å². The molecule has 36 heavy (non-hydrogen) atoms. The molecule has 0 amide bonds. The molecule has 0 aliphatic carbocycles. The summed E-state index contributed by atoms with van der Waals surface area (Å²) in [5, 5.41) is 0. The van der Waals surface area contributed by atoms with Gasteiger partial charge in [0.05, 0.1) is 28.4 Å². The molecule has 2 aliphatic heterocycles. The monoisotopic (exact) mass is 486 g/mol. The zero-order valence-electron chi connectivity index (χ0n) is 20.0. The van der Waals surface area contributed by atoms with Crippen LogP contribution in [0.4, 0.5) is 0 Å². The molecule has 0 N–H and O–H groups in total. The number of carbonyl (C=O) groups excluding carboxylic acids is 2. The van der Waals surface area contributed by atoms with Crippen molar-refractivity contribution in [3.8, 4) is 34.5 Å². The summed E-state index contributed by atoms with van der Waals surface area (Å²) >= 11 is 0. The van der Waals surface area contributed by atoms with Crippen LogP contribution in [0.5, 0.6) is 34.5 Å². The molecule has 0 saturated heterocycles. The lowest BCUT2D eigenvalue weighted by atomic mass is 10.0. The van der Waals surface area contributed by atoms with Gasteiger partial charge in [0.15, 0.2) is 11.5 Å². The van der Waals surface area contributed by atoms with Crippen molar-refractivity contribution in [3.63, 3.8) is 0 Å². The van der Waals surface area contributed by atoms with Gasteiger partial charge in [-0.3, -0.25) is 9.59 Å². The van der Waals surface area contributed by atoms with Crippen molar-refractivity contribution in [2.45, 2.75) is 0 Å². The highest BCUT2D eigenvalue weighted by molar-refractivity contribution is 6.17. The highest BCUT2D eigenvalue weighted by Crippen LogP contribution is 2.42. The minimum Gasteiger partial charge on any atom is -0.496 e. The molecule has 8 heteroatoms. The van der Waals surface area contributed by atoms with Crippen LogP contribution in [0.1, 0.15) is 31.8 Å². The lowest BCUT2D eigenvalue weighted by Gasteiger charge is -2.07. The maximum atomic E-state index is 13.0. The highest BCUT2D eigenvalue weighted by atomic mass is 16.5. The molecular weight excluding hydrogens is 464 g/mol. The van der Waals surface area contributed by atoms with E-state index in [9.17, 15) is 9.59 Å². The summed E-state index contributed by atoms with van der Waals surface area (Å²) in [6.45, 7) is 0. The number of hydrogen-bond acceptors (Lipinski definition) is 8. The molecule has 0 saturated carbocycles. The molecule has 182 valence electrons. The van der Waals surface area contributed by atoms with Crippen molar-refractivity contribution in [1.29, 1.82) is 0 Å². The Morgan fingerprint density at radius 2 is 1.06 bits per heavy atom. The molecule has 8 nitrogen and oxygen atoms in total. The first-order chi connectivity index (χ1) is 17.4. The first kappa shape index (κ1) is 23.0. The Balaban J connectivity index is 1.45. The number of ketones is 2. The summed E-state index contributed by atoms with van der Waals surface area (Å²) in [6.07, 6.45) is 3.27. The maximum Gasteiger partial charge on any atom is 0.235 e. The highest BCUT2D eigenvalue weighted by Gasteiger charge is 2.33. The third kappa shape index (κ3) is 3.92. The summed E-state index contributed by atoms with van der Waals surface area (Å²) in [4.78, 5) is 26.0. The van der Waals surface area contributed by atoms with Crippen LogP contribution in [0.15, 0.2) is 60.0 Å². The molecule has 0 aromatic heterocycles. The predicted octanol–water partition coefficient (Wildman–Crippen LogP) is 4.95. The Morgan fingerprint density at radius 3 is 1.44 bits per heavy atom. The summed E-state index contributed by atoms with van der Waals surface area (Å²) in [7, 11) is 6.02. The normalized spacial score (nSPS) is 15.9. The van der Waals surface area contributed by atoms with Crippen LogP contribution in [-0.4, -0.2) is 40.0 Å². The van der Waals surface area contributed by atoms with Crippen LogP contribution in [0.25, 0.3) is 12.2 Å². The molecular formula is C28H22O8. The lowest BCUT2D eigenvalue weighted by molar-refractivity contribution is 0.100. The van der Waals surface area contributed by atoms with Crippen molar-refractivity contribution in [2.24, 2.45) is 0 Å². The summed E-state index contributed by atoms with van der Waals surface area (Å²) in [5.41, 5.74) is 2.09. The molecule has 2 heterocycles. The largest absolute Gasteiger partial charge is 0.496 e. The van der Waals surface area contributed by atoms with E-state index in [-0.39, 0.29) is 23.1 Å². The fourth-order valence-corrected chi connectivity index (χ4v) is 4.11. The SMILES string of the molecule is COc1cc(OC)c2c(c1)O/C(=C\c1cccc(/C=C3\Oc4cc(OC)cc(OC)c4C3=O)c1)C2=O. The molecule has 0 atom stereocenters. The van der Waals surface area contributed by atoms with Crippen LogP contribution >= 0.6 is 0 Å². The molecule has 2 aliphatic rings. The first-order valence-corrected chi connectivity index (χ1v) is 11.0. The van der Waals surface area contributed by atoms with Gasteiger partial charge in [-0.2, -0.15) is 0 Å². The first-order valence-electron chi connectivity index (χ1n) is 11.0. The van der Waals surface area contributed by atoms with Gasteiger partial charge >= 0.3 is 0 Å². The number of rotatable bonds is 6. The molecule has 5 rings (SSSR count). The Kier molecular flexibility index (Phi) is 5.85. The Hall–Kier alpha value is -4.72. The van der Waals surface area contributed by atoms with Gasteiger partial charge in [-0.25, -0.2) is 0 Å². The molecule has 3 aromatic carbocycles. The number of carbonyl (C=O) groups is 2. The van der Waals surface area contributed by atoms with Crippen molar-refractivity contribution < 1.29 is 38.0 Å². The molecule has 0 bridgehead atoms. The number of methoxy groups -OCH3 is 4. The van der Waals surface area contributed by atoms with Crippen LogP contribution < -0.4 is 28.4 Å². The van der Waals surface area contributed by atoms with Gasteiger partial charge in [0.1, 0.15) is 45.6 Å². The second-order valence-electron chi connectivity index (χ2n) is 7.96. The third-order valence-electron chi connectivity index (χ3n) is 5.84. The van der Waals surface area contributed by atoms with Crippen molar-refractivity contribution in [2.75, 3.05) is 28.4 Å². The quantitative estimate of drug-likeness (QED) is 0.452. The average molecular weight is 486 g/mol. The Morgan fingerprint density at radius 1 is 0.611 bits per heavy atom. The summed E-state index contributed by atoms with van der Waals surface area (Å²) < 4.78 is 32.9. The smallest absolute Gasteiger partial charge is 0.235 e. The van der Waals surface area contributed by atoms with E-state index in [4.69, 9.17) is 28.4 Å². The van der Waals surface area contributed by atoms with Gasteiger partial charge < -0.3 is 28.4 Å². The van der Waals surface area contributed by atoms with Crippen LogP contribution in [0, 0.1) is 0 Å². The number of fused-ring (bicyclic) bond motifs is 2. The number of allylic oxidation sites excluding steroid dienone is 2. The number of hydrogen-bond donors (Lipinski definition) is 0. The topological polar surface area (TPSA) is 89.5 Å². The minimum atomic E-state index is -0.293. The van der Waals surface area contributed by atoms with E-state index in [0.717, 1.165) is 0 Å². The van der Waals surface area contributed by atoms with E-state index in [1.807, 2.05) is 24.3 Å². The van der Waals surface area contributed by atoms with Gasteiger partial charge in [0.2, 0.25) is 11.6 Å². The van der Waals surface area contributed by atoms with Gasteiger partial charge in [-0.1, -0.05) is 18.2 Å². The predicted molar refractivity (Wildman–Crippen MR) is 131 cm³/mol. The van der Waals surface area contributed by atoms with Gasteiger partial charge in [0, 0.05) is 24.3 Å². The second-order valence-corrected chi connectivity index (χ2v) is 7.96. The molecule has 0 unspecified atom stereocenters. The fraction of sp³-hybridized carbons (Fsp3) is 0.143. The number of Topliss-reactive ketones (excluding diaryl/α,β-unsaturated/α-hetero) is 2. The average Bonchev–Trinajstić information content (AvgIpc) is 3.38. The molecule has 0 spiro atoms. The van der Waals surface area contributed by atoms with Gasteiger partial charge in [-0.15, -0.1) is 0 Å². The fourth-order valence-electron chi connectivity index (χ4n) is 4.11. The Bertz CT molecular complexity index is 1360. The van der Waals surface area contributed by atoms with E-state index in [1.54, 1.807) is 36.4 Å². The van der Waals surface area contributed by atoms with Gasteiger partial charge in [0.25, 0.3) is 0 Å². The zero-order chi connectivity index (χ0) is 25.4. The van der Waals surface area contributed by atoms with E-state index < -0.39 is 0 Å². The van der Waals surface area contributed by atoms with Crippen molar-refractivity contribution in [3.05, 3.63) is 82.3 Å². The van der Waals surface area contributed by atoms with Crippen LogP contribution in [-0.2, 0) is 0 Å². The molecule has 3 aromatic rings. The van der Waals surface area contributed by atoms with Crippen LogP contribution in [0.3, 0.4) is 0 Å². The van der Waals surface area contributed by atoms with E-state index in [0.29, 0.717) is 56.8 Å². The Labute approximate surface area is 207 Å². The summed E-state index contributed by atoms with van der Waals surface area (Å²) in [6, 6.07) is 13.8. The van der Waals surface area contributed by atoms with Crippen LogP contribution in [0.2, 0.25) is 0 Å². The second kappa shape index (κ2) is 9.14. The minimum absolute atomic E-state index is 0.152. The third-order valence-corrected chi connectivity index (χ3v) is 5.84. The van der Waals surface area contributed by atoms with Crippen molar-refractivity contribution >= 4 is 23.7 Å². The van der Waals surface area contributed by atoms with Crippen molar-refractivity contribution in [1.82, 2.24) is 0 Å². The lowest BCUT2D eigenvalue weighted by Crippen LogP contribution is -2.01. The number of ether oxygens (including phenoxy) is 6. The van der Waals surface area contributed by atoms with E-state index >= 15 is 0 Å².